The fourth-order valence-electron chi connectivity index (χ4n) is 3.79. The van der Waals surface area contributed by atoms with Crippen LogP contribution < -0.4 is 10.2 Å². The largest absolute Gasteiger partial charge is 0.506 e. The molecule has 0 saturated carbocycles. The van der Waals surface area contributed by atoms with E-state index in [0.717, 1.165) is 11.1 Å². The topological polar surface area (TPSA) is 78.9 Å². The van der Waals surface area contributed by atoms with E-state index >= 15 is 0 Å². The molecule has 4 aromatic carbocycles. The van der Waals surface area contributed by atoms with Gasteiger partial charge in [0.25, 0.3) is 5.91 Å². The van der Waals surface area contributed by atoms with Crippen LogP contribution in [0.25, 0.3) is 0 Å². The molecule has 1 atom stereocenters. The summed E-state index contributed by atoms with van der Waals surface area (Å²) in [4.78, 5) is 28.6. The number of benzene rings is 4. The first-order chi connectivity index (χ1) is 17.9. The second-order valence-corrected chi connectivity index (χ2v) is 10.5. The molecule has 0 spiro atoms. The Balaban J connectivity index is 1.65. The molecule has 4 rings (SSSR count). The molecular weight excluding hydrogens is 694 g/mol. The second kappa shape index (κ2) is 12.9. The Morgan fingerprint density at radius 2 is 1.27 bits per heavy atom. The monoisotopic (exact) mass is 718 g/mol. The molecule has 0 saturated heterocycles. The molecule has 188 valence electrons. The molecule has 0 bridgehead atoms. The summed E-state index contributed by atoms with van der Waals surface area (Å²) in [6, 6.07) is 30.7. The van der Waals surface area contributed by atoms with Gasteiger partial charge in [-0.05, 0) is 92.7 Å². The Morgan fingerprint density at radius 3 is 1.78 bits per heavy atom. The van der Waals surface area contributed by atoms with Gasteiger partial charge < -0.3 is 15.2 Å². The maximum absolute atomic E-state index is 14.1. The van der Waals surface area contributed by atoms with E-state index < -0.39 is 12.1 Å². The molecule has 0 heterocycles. The summed E-state index contributed by atoms with van der Waals surface area (Å²) in [5.74, 6) is -0.120. The van der Waals surface area contributed by atoms with E-state index in [0.29, 0.717) is 18.5 Å². The molecule has 2 N–H and O–H groups in total. The number of halogens is 2. The van der Waals surface area contributed by atoms with Crippen molar-refractivity contribution in [2.24, 2.45) is 0 Å². The molecule has 0 aliphatic carbocycles. The first kappa shape index (κ1) is 26.9. The van der Waals surface area contributed by atoms with Gasteiger partial charge in [-0.3, -0.25) is 9.69 Å². The van der Waals surface area contributed by atoms with Crippen molar-refractivity contribution in [2.45, 2.75) is 19.1 Å². The van der Waals surface area contributed by atoms with Crippen molar-refractivity contribution < 1.29 is 19.4 Å². The number of carbonyl (C=O) groups excluding carboxylic acids is 2. The minimum Gasteiger partial charge on any atom is -0.506 e. The van der Waals surface area contributed by atoms with E-state index in [1.54, 1.807) is 4.90 Å². The molecule has 37 heavy (non-hydrogen) atoms. The Morgan fingerprint density at radius 1 is 0.784 bits per heavy atom. The third-order valence-electron chi connectivity index (χ3n) is 5.57. The average molecular weight is 718 g/mol. The number of rotatable bonds is 8. The van der Waals surface area contributed by atoms with Crippen molar-refractivity contribution in [2.75, 3.05) is 4.90 Å². The molecular formula is C29H24I2N2O4. The molecule has 0 radical (unpaired) electrons. The normalized spacial score (nSPS) is 11.4. The van der Waals surface area contributed by atoms with E-state index in [9.17, 15) is 14.7 Å². The zero-order chi connectivity index (χ0) is 26.2. The van der Waals surface area contributed by atoms with Gasteiger partial charge in [0, 0.05) is 17.8 Å². The highest BCUT2D eigenvalue weighted by Crippen LogP contribution is 2.30. The second-order valence-electron chi connectivity index (χ2n) is 8.22. The number of nitrogens with zero attached hydrogens (tertiary/aromatic N) is 1. The van der Waals surface area contributed by atoms with Gasteiger partial charge in [-0.1, -0.05) is 66.7 Å². The number of phenols is 1. The molecule has 8 heteroatoms. The first-order valence-electron chi connectivity index (χ1n) is 11.5. The summed E-state index contributed by atoms with van der Waals surface area (Å²) in [5, 5.41) is 13.0. The molecule has 0 aliphatic heterocycles. The Bertz CT molecular complexity index is 1290. The third kappa shape index (κ3) is 7.22. The van der Waals surface area contributed by atoms with Crippen LogP contribution in [0.1, 0.15) is 11.1 Å². The molecule has 0 aromatic heterocycles. The Labute approximate surface area is 242 Å². The van der Waals surface area contributed by atoms with E-state index in [4.69, 9.17) is 4.74 Å². The molecule has 0 unspecified atom stereocenters. The number of alkyl carbamates (subject to hydrolysis) is 1. The SMILES string of the molecule is O=C(N[C@@H](Cc1cc(I)c(O)c(I)c1)C(=O)N(c1ccccc1)c1ccccc1)OCc1ccccc1. The lowest BCUT2D eigenvalue weighted by molar-refractivity contribution is -0.119. The van der Waals surface area contributed by atoms with Crippen LogP contribution in [-0.4, -0.2) is 23.1 Å². The van der Waals surface area contributed by atoms with Crippen LogP contribution in [0.4, 0.5) is 16.2 Å². The number of phenolic OH excluding ortho intramolecular Hbond substituents is 1. The van der Waals surface area contributed by atoms with Crippen molar-refractivity contribution in [3.63, 3.8) is 0 Å². The summed E-state index contributed by atoms with van der Waals surface area (Å²) >= 11 is 4.11. The zero-order valence-corrected chi connectivity index (χ0v) is 24.0. The van der Waals surface area contributed by atoms with E-state index in [2.05, 4.69) is 50.5 Å². The van der Waals surface area contributed by atoms with Gasteiger partial charge in [-0.15, -0.1) is 0 Å². The number of nitrogens with one attached hydrogen (secondary N) is 1. The van der Waals surface area contributed by atoms with Crippen LogP contribution in [0.2, 0.25) is 0 Å². The minimum absolute atomic E-state index is 0.0870. The number of anilines is 2. The quantitative estimate of drug-likeness (QED) is 0.197. The Hall–Kier alpha value is -3.12. The van der Waals surface area contributed by atoms with Gasteiger partial charge >= 0.3 is 6.09 Å². The Kier molecular flexibility index (Phi) is 9.40. The van der Waals surface area contributed by atoms with Gasteiger partial charge in [0.15, 0.2) is 0 Å². The molecule has 0 fully saturated rings. The number of para-hydroxylation sites is 2. The lowest BCUT2D eigenvalue weighted by Gasteiger charge is -2.28. The molecule has 6 nitrogen and oxygen atoms in total. The lowest BCUT2D eigenvalue weighted by atomic mass is 10.0. The predicted molar refractivity (Wildman–Crippen MR) is 161 cm³/mol. The molecule has 2 amide bonds. The van der Waals surface area contributed by atoms with E-state index in [-0.39, 0.29) is 24.7 Å². The highest BCUT2D eigenvalue weighted by atomic mass is 127. The van der Waals surface area contributed by atoms with Gasteiger partial charge in [-0.2, -0.15) is 0 Å². The highest BCUT2D eigenvalue weighted by molar-refractivity contribution is 14.1. The molecule has 0 aliphatic rings. The van der Waals surface area contributed by atoms with Gasteiger partial charge in [0.1, 0.15) is 18.4 Å². The summed E-state index contributed by atoms with van der Waals surface area (Å²) < 4.78 is 6.77. The van der Waals surface area contributed by atoms with E-state index in [1.165, 1.54) is 0 Å². The number of amides is 2. The third-order valence-corrected chi connectivity index (χ3v) is 7.21. The summed E-state index contributed by atoms with van der Waals surface area (Å²) in [5.41, 5.74) is 3.00. The van der Waals surface area contributed by atoms with Crippen LogP contribution in [0.15, 0.2) is 103 Å². The van der Waals surface area contributed by atoms with Crippen LogP contribution in [0.5, 0.6) is 5.75 Å². The molecule has 4 aromatic rings. The minimum atomic E-state index is -0.931. The number of ether oxygens (including phenoxy) is 1. The van der Waals surface area contributed by atoms with Crippen molar-refractivity contribution in [1.82, 2.24) is 5.32 Å². The van der Waals surface area contributed by atoms with E-state index in [1.807, 2.05) is 103 Å². The van der Waals surface area contributed by atoms with Gasteiger partial charge in [0.05, 0.1) is 7.14 Å². The van der Waals surface area contributed by atoms with Crippen LogP contribution in [0, 0.1) is 7.14 Å². The van der Waals surface area contributed by atoms with Crippen LogP contribution in [0.3, 0.4) is 0 Å². The summed E-state index contributed by atoms with van der Waals surface area (Å²) in [6.07, 6.45) is -0.478. The number of carbonyl (C=O) groups is 2. The predicted octanol–water partition coefficient (Wildman–Crippen LogP) is 6.80. The fourth-order valence-corrected chi connectivity index (χ4v) is 5.69. The average Bonchev–Trinajstić information content (AvgIpc) is 2.92. The standard InChI is InChI=1S/C29H24I2N2O4/c30-24-16-21(17-25(31)27(24)34)18-26(32-29(36)37-19-20-10-4-1-5-11-20)28(35)33(22-12-6-2-7-13-22)23-14-8-3-9-15-23/h1-17,26,34H,18-19H2,(H,32,36)/t26-/m0/s1. The number of hydrogen-bond donors (Lipinski definition) is 2. The number of hydrogen-bond acceptors (Lipinski definition) is 4. The first-order valence-corrected chi connectivity index (χ1v) is 13.7. The lowest BCUT2D eigenvalue weighted by Crippen LogP contribution is -2.48. The fraction of sp³-hybridized carbons (Fsp3) is 0.103. The van der Waals surface area contributed by atoms with Gasteiger partial charge in [-0.25, -0.2) is 4.79 Å². The van der Waals surface area contributed by atoms with Gasteiger partial charge in [0.2, 0.25) is 0 Å². The summed E-state index contributed by atoms with van der Waals surface area (Å²) in [6.45, 7) is 0.0870. The summed E-state index contributed by atoms with van der Waals surface area (Å²) in [7, 11) is 0. The van der Waals surface area contributed by atoms with Crippen LogP contribution in [-0.2, 0) is 22.6 Å². The van der Waals surface area contributed by atoms with Crippen LogP contribution >= 0.6 is 45.2 Å². The highest BCUT2D eigenvalue weighted by Gasteiger charge is 2.29. The maximum Gasteiger partial charge on any atom is 0.408 e. The van der Waals surface area contributed by atoms with Crippen molar-refractivity contribution >= 4 is 68.6 Å². The smallest absolute Gasteiger partial charge is 0.408 e. The zero-order valence-electron chi connectivity index (χ0n) is 19.7. The van der Waals surface area contributed by atoms with Crippen molar-refractivity contribution in [3.05, 3.63) is 121 Å². The van der Waals surface area contributed by atoms with Crippen molar-refractivity contribution in [3.8, 4) is 5.75 Å². The number of aromatic hydroxyl groups is 1. The van der Waals surface area contributed by atoms with Crippen molar-refractivity contribution in [1.29, 1.82) is 0 Å². The maximum atomic E-state index is 14.1.